The molecule has 0 aliphatic heterocycles. The number of primary amides is 1. The Labute approximate surface area is 116 Å². The monoisotopic (exact) mass is 276 g/mol. The van der Waals surface area contributed by atoms with Crippen molar-refractivity contribution in [2.45, 2.75) is 19.5 Å². The number of rotatable bonds is 6. The van der Waals surface area contributed by atoms with Crippen molar-refractivity contribution in [2.75, 3.05) is 0 Å². The average molecular weight is 276 g/mol. The second kappa shape index (κ2) is 6.36. The van der Waals surface area contributed by atoms with E-state index in [-0.39, 0.29) is 11.9 Å². The SMILES string of the molecule is CC(NCc1ccc(Oc2ccsc2)cc1)C(N)=O. The van der Waals surface area contributed by atoms with E-state index in [1.807, 2.05) is 41.1 Å². The molecule has 1 aromatic heterocycles. The van der Waals surface area contributed by atoms with E-state index >= 15 is 0 Å². The quantitative estimate of drug-likeness (QED) is 0.852. The summed E-state index contributed by atoms with van der Waals surface area (Å²) in [5, 5.41) is 6.97. The van der Waals surface area contributed by atoms with Gasteiger partial charge in [0.05, 0.1) is 6.04 Å². The van der Waals surface area contributed by atoms with E-state index in [0.29, 0.717) is 6.54 Å². The van der Waals surface area contributed by atoms with Gasteiger partial charge < -0.3 is 15.8 Å². The minimum atomic E-state index is -0.350. The van der Waals surface area contributed by atoms with Gasteiger partial charge in [-0.05, 0) is 36.1 Å². The molecule has 100 valence electrons. The van der Waals surface area contributed by atoms with Gasteiger partial charge in [-0.3, -0.25) is 4.79 Å². The number of thiophene rings is 1. The molecule has 1 heterocycles. The van der Waals surface area contributed by atoms with Crippen LogP contribution in [0, 0.1) is 0 Å². The molecule has 0 saturated carbocycles. The number of nitrogens with one attached hydrogen (secondary N) is 1. The summed E-state index contributed by atoms with van der Waals surface area (Å²) in [6.45, 7) is 2.35. The maximum atomic E-state index is 10.9. The lowest BCUT2D eigenvalue weighted by Gasteiger charge is -2.10. The molecule has 1 unspecified atom stereocenters. The minimum absolute atomic E-state index is 0.332. The lowest BCUT2D eigenvalue weighted by atomic mass is 10.2. The second-order valence-electron chi connectivity index (χ2n) is 4.21. The molecule has 0 saturated heterocycles. The molecule has 0 aliphatic rings. The molecule has 2 rings (SSSR count). The zero-order chi connectivity index (χ0) is 13.7. The van der Waals surface area contributed by atoms with E-state index in [4.69, 9.17) is 10.5 Å². The molecule has 1 atom stereocenters. The van der Waals surface area contributed by atoms with E-state index in [9.17, 15) is 4.79 Å². The summed E-state index contributed by atoms with van der Waals surface area (Å²) in [6, 6.07) is 9.33. The molecule has 4 nitrogen and oxygen atoms in total. The number of carbonyl (C=O) groups excluding carboxylic acids is 1. The predicted octanol–water partition coefficient (Wildman–Crippen LogP) is 2.50. The van der Waals surface area contributed by atoms with Crippen molar-refractivity contribution >= 4 is 17.2 Å². The fraction of sp³-hybridized carbons (Fsp3) is 0.214. The number of hydrogen-bond donors (Lipinski definition) is 2. The van der Waals surface area contributed by atoms with E-state index in [1.54, 1.807) is 18.3 Å². The van der Waals surface area contributed by atoms with Crippen molar-refractivity contribution in [3.05, 3.63) is 46.7 Å². The van der Waals surface area contributed by atoms with Gasteiger partial charge in [0.1, 0.15) is 11.5 Å². The van der Waals surface area contributed by atoms with Crippen LogP contribution in [0.3, 0.4) is 0 Å². The fourth-order valence-electron chi connectivity index (χ4n) is 1.49. The molecule has 19 heavy (non-hydrogen) atoms. The lowest BCUT2D eigenvalue weighted by Crippen LogP contribution is -2.38. The van der Waals surface area contributed by atoms with Gasteiger partial charge in [0.15, 0.2) is 0 Å². The molecule has 1 aromatic carbocycles. The largest absolute Gasteiger partial charge is 0.457 e. The normalized spacial score (nSPS) is 12.1. The van der Waals surface area contributed by atoms with Crippen LogP contribution in [0.15, 0.2) is 41.1 Å². The molecule has 2 aromatic rings. The maximum absolute atomic E-state index is 10.9. The highest BCUT2D eigenvalue weighted by Gasteiger charge is 2.07. The van der Waals surface area contributed by atoms with Gasteiger partial charge in [-0.1, -0.05) is 12.1 Å². The molecule has 0 spiro atoms. The summed E-state index contributed by atoms with van der Waals surface area (Å²) in [4.78, 5) is 10.9. The molecule has 0 fully saturated rings. The molecule has 5 heteroatoms. The highest BCUT2D eigenvalue weighted by atomic mass is 32.1. The van der Waals surface area contributed by atoms with Crippen LogP contribution in [0.4, 0.5) is 0 Å². The Balaban J connectivity index is 1.89. The third-order valence-electron chi connectivity index (χ3n) is 2.69. The summed E-state index contributed by atoms with van der Waals surface area (Å²) >= 11 is 1.60. The van der Waals surface area contributed by atoms with Crippen LogP contribution in [0.2, 0.25) is 0 Å². The molecule has 3 N–H and O–H groups in total. The Kier molecular flexibility index (Phi) is 4.54. The first-order chi connectivity index (χ1) is 9.15. The first kappa shape index (κ1) is 13.6. The Morgan fingerprint density at radius 3 is 2.63 bits per heavy atom. The van der Waals surface area contributed by atoms with Crippen molar-refractivity contribution < 1.29 is 9.53 Å². The van der Waals surface area contributed by atoms with Gasteiger partial charge in [0, 0.05) is 11.9 Å². The number of amides is 1. The third kappa shape index (κ3) is 4.08. The molecule has 0 radical (unpaired) electrons. The van der Waals surface area contributed by atoms with Crippen LogP contribution in [0.5, 0.6) is 11.5 Å². The van der Waals surface area contributed by atoms with E-state index in [2.05, 4.69) is 5.32 Å². The lowest BCUT2D eigenvalue weighted by molar-refractivity contribution is -0.119. The van der Waals surface area contributed by atoms with Crippen LogP contribution in [0.25, 0.3) is 0 Å². The first-order valence-electron chi connectivity index (χ1n) is 5.97. The van der Waals surface area contributed by atoms with Crippen molar-refractivity contribution in [1.82, 2.24) is 5.32 Å². The highest BCUT2D eigenvalue weighted by molar-refractivity contribution is 7.08. The Bertz CT molecular complexity index is 523. The predicted molar refractivity (Wildman–Crippen MR) is 76.3 cm³/mol. The van der Waals surface area contributed by atoms with E-state index in [0.717, 1.165) is 17.1 Å². The zero-order valence-corrected chi connectivity index (χ0v) is 11.4. The average Bonchev–Trinajstić information content (AvgIpc) is 2.90. The molecule has 1 amide bonds. The minimum Gasteiger partial charge on any atom is -0.457 e. The number of benzene rings is 1. The molecular weight excluding hydrogens is 260 g/mol. The van der Waals surface area contributed by atoms with Crippen LogP contribution < -0.4 is 15.8 Å². The van der Waals surface area contributed by atoms with Gasteiger partial charge in [-0.25, -0.2) is 0 Å². The van der Waals surface area contributed by atoms with Gasteiger partial charge >= 0.3 is 0 Å². The van der Waals surface area contributed by atoms with Gasteiger partial charge in [-0.2, -0.15) is 0 Å². The number of hydrogen-bond acceptors (Lipinski definition) is 4. The van der Waals surface area contributed by atoms with Crippen molar-refractivity contribution in [2.24, 2.45) is 5.73 Å². The van der Waals surface area contributed by atoms with Gasteiger partial charge in [0.25, 0.3) is 0 Å². The topological polar surface area (TPSA) is 64.3 Å². The van der Waals surface area contributed by atoms with Gasteiger partial charge in [-0.15, -0.1) is 11.3 Å². The third-order valence-corrected chi connectivity index (χ3v) is 3.35. The van der Waals surface area contributed by atoms with Crippen LogP contribution in [-0.2, 0) is 11.3 Å². The Morgan fingerprint density at radius 2 is 2.05 bits per heavy atom. The van der Waals surface area contributed by atoms with Crippen molar-refractivity contribution in [3.63, 3.8) is 0 Å². The molecule has 0 aliphatic carbocycles. The second-order valence-corrected chi connectivity index (χ2v) is 4.99. The first-order valence-corrected chi connectivity index (χ1v) is 6.91. The van der Waals surface area contributed by atoms with Crippen molar-refractivity contribution in [1.29, 1.82) is 0 Å². The smallest absolute Gasteiger partial charge is 0.234 e. The van der Waals surface area contributed by atoms with Gasteiger partial charge in [0.2, 0.25) is 5.91 Å². The van der Waals surface area contributed by atoms with Crippen LogP contribution in [-0.4, -0.2) is 11.9 Å². The summed E-state index contributed by atoms with van der Waals surface area (Å²) < 4.78 is 5.65. The summed E-state index contributed by atoms with van der Waals surface area (Å²) in [5.41, 5.74) is 6.25. The molecular formula is C14H16N2O2S. The van der Waals surface area contributed by atoms with Crippen LogP contribution >= 0.6 is 11.3 Å². The standard InChI is InChI=1S/C14H16N2O2S/c1-10(14(15)17)16-8-11-2-4-12(5-3-11)18-13-6-7-19-9-13/h2-7,9-10,16H,8H2,1H3,(H2,15,17). The van der Waals surface area contributed by atoms with E-state index in [1.165, 1.54) is 0 Å². The summed E-state index contributed by atoms with van der Waals surface area (Å²) in [7, 11) is 0. The number of nitrogens with two attached hydrogens (primary N) is 1. The highest BCUT2D eigenvalue weighted by Crippen LogP contribution is 2.23. The summed E-state index contributed by atoms with van der Waals surface area (Å²) in [5.74, 6) is 1.29. The number of carbonyl (C=O) groups is 1. The fourth-order valence-corrected chi connectivity index (χ4v) is 2.05. The zero-order valence-electron chi connectivity index (χ0n) is 10.6. The molecule has 0 bridgehead atoms. The van der Waals surface area contributed by atoms with Crippen molar-refractivity contribution in [3.8, 4) is 11.5 Å². The van der Waals surface area contributed by atoms with E-state index < -0.39 is 0 Å². The van der Waals surface area contributed by atoms with Crippen LogP contribution in [0.1, 0.15) is 12.5 Å². The Hall–Kier alpha value is -1.85. The Morgan fingerprint density at radius 1 is 1.32 bits per heavy atom. The summed E-state index contributed by atoms with van der Waals surface area (Å²) in [6.07, 6.45) is 0. The number of ether oxygens (including phenoxy) is 1. The maximum Gasteiger partial charge on any atom is 0.234 e.